The van der Waals surface area contributed by atoms with Crippen molar-refractivity contribution in [3.8, 4) is 0 Å². The number of carboxylic acid groups (broad SMARTS) is 1. The van der Waals surface area contributed by atoms with Gasteiger partial charge in [-0.15, -0.1) is 0 Å². The quantitative estimate of drug-likeness (QED) is 0.908. The predicted molar refractivity (Wildman–Crippen MR) is 71.3 cm³/mol. The zero-order valence-electron chi connectivity index (χ0n) is 9.05. The van der Waals surface area contributed by atoms with Crippen LogP contribution in [-0.4, -0.2) is 25.7 Å². The van der Waals surface area contributed by atoms with E-state index in [1.165, 1.54) is 18.3 Å². The highest BCUT2D eigenvalue weighted by atomic mass is 35.5. The Kier molecular flexibility index (Phi) is 3.98. The van der Waals surface area contributed by atoms with Crippen LogP contribution in [0.4, 0.5) is 5.69 Å². The summed E-state index contributed by atoms with van der Waals surface area (Å²) in [6.07, 6.45) is 1.30. The predicted octanol–water partition coefficient (Wildman–Crippen LogP) is 2.80. The molecule has 1 aromatic heterocycles. The fraction of sp³-hybridized carbons (Fsp3) is 0. The second-order valence-electron chi connectivity index (χ2n) is 3.37. The summed E-state index contributed by atoms with van der Waals surface area (Å²) < 4.78 is 7.45. The average Bonchev–Trinajstić information content (AvgIpc) is 2.86. The van der Waals surface area contributed by atoms with Crippen molar-refractivity contribution in [3.05, 3.63) is 39.6 Å². The zero-order valence-corrected chi connectivity index (χ0v) is 11.4. The monoisotopic (exact) mass is 317 g/mol. The van der Waals surface area contributed by atoms with Crippen molar-refractivity contribution >= 4 is 52.5 Å². The van der Waals surface area contributed by atoms with Crippen LogP contribution < -0.4 is 5.32 Å². The van der Waals surface area contributed by atoms with E-state index in [1.54, 1.807) is 0 Å². The van der Waals surface area contributed by atoms with Gasteiger partial charge in [0.15, 0.2) is 5.69 Å². The molecule has 0 aliphatic carbocycles. The number of carboxylic acids is 1. The lowest BCUT2D eigenvalue weighted by atomic mass is 10.2. The summed E-state index contributed by atoms with van der Waals surface area (Å²) in [4.78, 5) is 22.6. The Hall–Kier alpha value is -1.70. The molecule has 0 saturated carbocycles. The Morgan fingerprint density at radius 2 is 1.89 bits per heavy atom. The van der Waals surface area contributed by atoms with Crippen LogP contribution in [0, 0.1) is 0 Å². The van der Waals surface area contributed by atoms with Crippen LogP contribution in [0.3, 0.4) is 0 Å². The number of nitrogens with one attached hydrogen (secondary N) is 1. The van der Waals surface area contributed by atoms with Gasteiger partial charge in [0.2, 0.25) is 0 Å². The van der Waals surface area contributed by atoms with E-state index in [0.29, 0.717) is 0 Å². The maximum atomic E-state index is 11.8. The maximum Gasteiger partial charge on any atom is 0.335 e. The molecule has 0 spiro atoms. The molecule has 0 aliphatic heterocycles. The Morgan fingerprint density at radius 1 is 1.26 bits per heavy atom. The van der Waals surface area contributed by atoms with Crippen molar-refractivity contribution in [1.82, 2.24) is 8.75 Å². The molecule has 1 heterocycles. The first-order valence-electron chi connectivity index (χ1n) is 4.80. The van der Waals surface area contributed by atoms with E-state index in [-0.39, 0.29) is 27.0 Å². The molecule has 0 unspecified atom stereocenters. The van der Waals surface area contributed by atoms with Crippen molar-refractivity contribution in [2.75, 3.05) is 5.32 Å². The van der Waals surface area contributed by atoms with Crippen molar-refractivity contribution in [2.45, 2.75) is 0 Å². The fourth-order valence-electron chi connectivity index (χ4n) is 1.26. The lowest BCUT2D eigenvalue weighted by Crippen LogP contribution is -2.13. The second-order valence-corrected chi connectivity index (χ2v) is 4.74. The van der Waals surface area contributed by atoms with Gasteiger partial charge in [0.1, 0.15) is 0 Å². The summed E-state index contributed by atoms with van der Waals surface area (Å²) in [5.74, 6) is -1.69. The molecule has 19 heavy (non-hydrogen) atoms. The number of rotatable bonds is 3. The van der Waals surface area contributed by atoms with Crippen LogP contribution in [0.5, 0.6) is 0 Å². The molecule has 1 aromatic carbocycles. The number of benzene rings is 1. The van der Waals surface area contributed by atoms with Gasteiger partial charge in [0.05, 0.1) is 39.2 Å². The maximum absolute atomic E-state index is 11.8. The van der Waals surface area contributed by atoms with Crippen LogP contribution >= 0.6 is 34.9 Å². The van der Waals surface area contributed by atoms with Gasteiger partial charge in [0.25, 0.3) is 5.91 Å². The molecule has 6 nitrogen and oxygen atoms in total. The number of halogens is 2. The van der Waals surface area contributed by atoms with Crippen LogP contribution in [0.25, 0.3) is 0 Å². The van der Waals surface area contributed by atoms with Crippen LogP contribution in [0.15, 0.2) is 18.3 Å². The van der Waals surface area contributed by atoms with Gasteiger partial charge in [0, 0.05) is 0 Å². The third kappa shape index (κ3) is 3.01. The first-order chi connectivity index (χ1) is 8.99. The minimum absolute atomic E-state index is 0.0291. The van der Waals surface area contributed by atoms with Crippen molar-refractivity contribution < 1.29 is 14.7 Å². The summed E-state index contributed by atoms with van der Waals surface area (Å²) in [6, 6.07) is 2.40. The van der Waals surface area contributed by atoms with E-state index in [0.717, 1.165) is 11.7 Å². The molecule has 9 heteroatoms. The largest absolute Gasteiger partial charge is 0.478 e. The lowest BCUT2D eigenvalue weighted by molar-refractivity contribution is 0.0696. The molecule has 0 aliphatic rings. The molecule has 1 amide bonds. The number of carbonyl (C=O) groups excluding carboxylic acids is 1. The molecule has 0 fully saturated rings. The van der Waals surface area contributed by atoms with Crippen LogP contribution in [0.2, 0.25) is 10.0 Å². The Balaban J connectivity index is 2.31. The smallest absolute Gasteiger partial charge is 0.335 e. The van der Waals surface area contributed by atoms with Crippen LogP contribution in [0.1, 0.15) is 20.8 Å². The highest BCUT2D eigenvalue weighted by molar-refractivity contribution is 6.99. The van der Waals surface area contributed by atoms with Crippen LogP contribution in [-0.2, 0) is 0 Å². The van der Waals surface area contributed by atoms with E-state index in [1.807, 2.05) is 0 Å². The van der Waals surface area contributed by atoms with Gasteiger partial charge in [-0.05, 0) is 12.1 Å². The number of hydrogen-bond donors (Lipinski definition) is 2. The number of aromatic nitrogens is 2. The lowest BCUT2D eigenvalue weighted by Gasteiger charge is -2.09. The number of amides is 1. The van der Waals surface area contributed by atoms with E-state index < -0.39 is 11.9 Å². The van der Waals surface area contributed by atoms with E-state index >= 15 is 0 Å². The number of aromatic carboxylic acids is 1. The molecule has 98 valence electrons. The summed E-state index contributed by atoms with van der Waals surface area (Å²) in [5.41, 5.74) is 0.189. The number of nitrogens with zero attached hydrogens (tertiary/aromatic N) is 2. The number of carbonyl (C=O) groups is 2. The standard InChI is InChI=1S/C10H5Cl2N3O3S/c11-5-1-4(10(17)18)2-6(12)8(5)14-9(16)7-3-13-19-15-7/h1-3H,(H,14,16)(H,17,18). The van der Waals surface area contributed by atoms with E-state index in [4.69, 9.17) is 28.3 Å². The van der Waals surface area contributed by atoms with Gasteiger partial charge >= 0.3 is 5.97 Å². The zero-order chi connectivity index (χ0) is 14.0. The average molecular weight is 318 g/mol. The number of anilines is 1. The van der Waals surface area contributed by atoms with Crippen molar-refractivity contribution in [1.29, 1.82) is 0 Å². The molecule has 2 aromatic rings. The molecular weight excluding hydrogens is 313 g/mol. The minimum atomic E-state index is -1.16. The first kappa shape index (κ1) is 13.7. The molecule has 0 radical (unpaired) electrons. The Bertz CT molecular complexity index is 622. The van der Waals surface area contributed by atoms with Crippen molar-refractivity contribution in [3.63, 3.8) is 0 Å². The fourth-order valence-corrected chi connectivity index (χ4v) is 2.25. The molecule has 0 bridgehead atoms. The van der Waals surface area contributed by atoms with Gasteiger partial charge < -0.3 is 10.4 Å². The highest BCUT2D eigenvalue weighted by Crippen LogP contribution is 2.32. The van der Waals surface area contributed by atoms with E-state index in [2.05, 4.69) is 14.1 Å². The second kappa shape index (κ2) is 5.52. The first-order valence-corrected chi connectivity index (χ1v) is 6.29. The van der Waals surface area contributed by atoms with Gasteiger partial charge in [-0.1, -0.05) is 23.2 Å². The topological polar surface area (TPSA) is 92.2 Å². The van der Waals surface area contributed by atoms with Crippen molar-refractivity contribution in [2.24, 2.45) is 0 Å². The van der Waals surface area contributed by atoms with E-state index in [9.17, 15) is 9.59 Å². The summed E-state index contributed by atoms with van der Waals surface area (Å²) in [7, 11) is 0. The summed E-state index contributed by atoms with van der Waals surface area (Å²) in [6.45, 7) is 0. The Morgan fingerprint density at radius 3 is 2.37 bits per heavy atom. The highest BCUT2D eigenvalue weighted by Gasteiger charge is 2.16. The molecule has 2 rings (SSSR count). The normalized spacial score (nSPS) is 10.2. The molecule has 0 atom stereocenters. The summed E-state index contributed by atoms with van der Waals surface area (Å²) >= 11 is 12.7. The third-order valence-electron chi connectivity index (χ3n) is 2.12. The van der Waals surface area contributed by atoms with Gasteiger partial charge in [-0.25, -0.2) is 4.79 Å². The third-order valence-corrected chi connectivity index (χ3v) is 3.20. The number of hydrogen-bond acceptors (Lipinski definition) is 5. The minimum Gasteiger partial charge on any atom is -0.478 e. The molecular formula is C10H5Cl2N3O3S. The SMILES string of the molecule is O=C(O)c1cc(Cl)c(NC(=O)c2cnsn2)c(Cl)c1. The molecule has 0 saturated heterocycles. The Labute approximate surface area is 121 Å². The molecule has 2 N–H and O–H groups in total. The van der Waals surface area contributed by atoms with Gasteiger partial charge in [-0.3, -0.25) is 4.79 Å². The summed E-state index contributed by atoms with van der Waals surface area (Å²) in [5, 5.41) is 11.3. The van der Waals surface area contributed by atoms with Gasteiger partial charge in [-0.2, -0.15) is 8.75 Å².